The molecule has 0 aromatic rings. The third kappa shape index (κ3) is 44.1. The van der Waals surface area contributed by atoms with Crippen LogP contribution < -0.4 is 40.2 Å². The molecule has 0 aliphatic rings. The molecule has 0 rings (SSSR count). The van der Waals surface area contributed by atoms with Crippen molar-refractivity contribution >= 4 is 87.7 Å². The molecule has 0 amide bonds. The van der Waals surface area contributed by atoms with Gasteiger partial charge in [0.05, 0.1) is 177 Å². The van der Waals surface area contributed by atoms with E-state index in [-0.39, 0.29) is 0 Å². The lowest BCUT2D eigenvalue weighted by atomic mass is 10.2. The van der Waals surface area contributed by atoms with Crippen LogP contribution in [0.2, 0.25) is 0 Å². The lowest BCUT2D eigenvalue weighted by molar-refractivity contribution is -0.368. The molecule has 0 aromatic carbocycles. The van der Waals surface area contributed by atoms with Crippen molar-refractivity contribution in [1.82, 2.24) is 0 Å². The Morgan fingerprint density at radius 3 is 0.117 bits per heavy atom. The van der Waals surface area contributed by atoms with Gasteiger partial charge in [-0.3, -0.25) is 0 Å². The molecule has 0 N–H and O–H groups in total. The van der Waals surface area contributed by atoms with Crippen LogP contribution in [0.15, 0.2) is 0 Å². The van der Waals surface area contributed by atoms with E-state index >= 15 is 0 Å². The average molecular weight is 1990 g/mol. The van der Waals surface area contributed by atoms with Crippen molar-refractivity contribution in [3.63, 3.8) is 0 Å². The molecule has 128 heavy (non-hydrogen) atoms. The first-order chi connectivity index (χ1) is 52.9. The number of hydrogen-bond donors (Lipinski definition) is 0. The van der Waals surface area contributed by atoms with Gasteiger partial charge in [-0.2, -0.15) is 0 Å². The first-order valence-corrected chi connectivity index (χ1v) is 65.6. The van der Waals surface area contributed by atoms with E-state index in [4.69, 9.17) is 40.2 Å². The van der Waals surface area contributed by atoms with E-state index in [2.05, 4.69) is 552 Å². The van der Waals surface area contributed by atoms with E-state index in [9.17, 15) is 17.3 Å². The Kier molecular flexibility index (Phi) is 61.8. The van der Waals surface area contributed by atoms with E-state index < -0.39 is 87.7 Å². The zero-order valence-electron chi connectivity index (χ0n) is 103. The standard InChI is InChI=1S/8C13H30P.4BFO2/c8*1-11(2,3)14(10,12(4,5)6)13(7,8)9;4*2-1(3)4/h8*1-10H3;;;;/q8*+1;4*-2. The summed E-state index contributed by atoms with van der Waals surface area (Å²) in [5.41, 5.74) is 0. The SMILES string of the molecule is CC(C)(C)[P+](C)(C(C)(C)C)C(C)(C)C.CC(C)(C)[P+](C)(C(C)(C)C)C(C)(C)C.CC(C)(C)[P+](C)(C(C)(C)C)C(C)(C)C.CC(C)(C)[P+](C)(C(C)(C)C)C(C)(C)C.CC(C)(C)[P+](C)(C(C)(C)C)C(C)(C)C.CC(C)(C)[P+](C)(C(C)(C)C)C(C)(C)C.CC(C)(C)[P+](C)(C(C)(C)C)C(C)(C)C.CC(C)(C)[P+](C)(C(C)(C)C)C(C)(C)C.[O-]B([O-])F.[O-]B([O-])F.[O-]B([O-])F.[O-]B([O-])F. The molecule has 0 atom stereocenters. The third-order valence-electron chi connectivity index (χ3n) is 32.2. The minimum atomic E-state index is -3.17. The van der Waals surface area contributed by atoms with Crippen LogP contribution in [-0.4, -0.2) is 207 Å². The molecule has 0 aliphatic carbocycles. The third-order valence-corrected chi connectivity index (χ3v) is 96.6. The number of hydrogen-bond acceptors (Lipinski definition) is 8. The molecule has 24 heteroatoms. The average Bonchev–Trinajstić information content (AvgIpc) is 0.795. The van der Waals surface area contributed by atoms with Gasteiger partial charge < -0.3 is 57.5 Å². The second-order valence-electron chi connectivity index (χ2n) is 61.2. The van der Waals surface area contributed by atoms with Crippen molar-refractivity contribution in [2.45, 2.75) is 622 Å². The Hall–Kier alpha value is 3.10. The molecule has 0 radical (unpaired) electrons. The molecule has 0 bridgehead atoms. The summed E-state index contributed by atoms with van der Waals surface area (Å²) in [7, 11) is -20.8. The van der Waals surface area contributed by atoms with Crippen LogP contribution in [0.1, 0.15) is 499 Å². The normalized spacial score (nSPS) is 14.7. The number of halogens is 4. The molecule has 0 aliphatic heterocycles. The molecule has 784 valence electrons. The van der Waals surface area contributed by atoms with Gasteiger partial charge in [0, 0.05) is 58.1 Å². The fourth-order valence-corrected chi connectivity index (χ4v) is 72.4. The zero-order chi connectivity index (χ0) is 110. The maximum atomic E-state index is 9.89. The second kappa shape index (κ2) is 50.6. The Labute approximate surface area is 815 Å². The Bertz CT molecular complexity index is 2110. The molecule has 0 heterocycles. The van der Waals surface area contributed by atoms with Gasteiger partial charge in [0.15, 0.2) is 0 Å². The summed E-state index contributed by atoms with van der Waals surface area (Å²) in [6.45, 7) is 194. The lowest BCUT2D eigenvalue weighted by Gasteiger charge is -2.52. The summed E-state index contributed by atoms with van der Waals surface area (Å²) in [4.78, 5) is 0. The van der Waals surface area contributed by atoms with Gasteiger partial charge in [-0.15, -0.1) is 0 Å². The second-order valence-corrected chi connectivity index (χ2v) is 110. The van der Waals surface area contributed by atoms with Crippen molar-refractivity contribution in [3.8, 4) is 0 Å². The molecule has 0 aromatic heterocycles. The molecule has 0 saturated heterocycles. The van der Waals surface area contributed by atoms with Crippen molar-refractivity contribution in [2.24, 2.45) is 0 Å². The van der Waals surface area contributed by atoms with Gasteiger partial charge >= 0.3 is 0 Å². The largest absolute Gasteiger partial charge is 0.867 e. The van der Waals surface area contributed by atoms with Crippen molar-refractivity contribution < 1.29 is 57.5 Å². The molecule has 0 unspecified atom stereocenters. The van der Waals surface area contributed by atoms with Crippen LogP contribution in [0.4, 0.5) is 17.3 Å². The Morgan fingerprint density at radius 2 is 0.117 bits per heavy atom. The minimum Gasteiger partial charge on any atom is -0.867 e. The molecule has 0 fully saturated rings. The van der Waals surface area contributed by atoms with Gasteiger partial charge in [-0.25, -0.2) is 0 Å². The maximum absolute atomic E-state index is 9.89. The summed E-state index contributed by atoms with van der Waals surface area (Å²) in [6, 6.07) is 0. The van der Waals surface area contributed by atoms with Gasteiger partial charge in [0.2, 0.25) is 0 Å². The summed E-state index contributed by atoms with van der Waals surface area (Å²) in [6.07, 6.45) is 0. The van der Waals surface area contributed by atoms with E-state index in [0.717, 1.165) is 0 Å². The van der Waals surface area contributed by atoms with Crippen LogP contribution in [0, 0.1) is 0 Å². The van der Waals surface area contributed by atoms with Crippen molar-refractivity contribution in [3.05, 3.63) is 0 Å². The van der Waals surface area contributed by atoms with E-state index in [1.807, 2.05) is 0 Å². The molecular formula is C104H240B4F4O8P8. The van der Waals surface area contributed by atoms with Gasteiger partial charge in [-0.1, -0.05) is 0 Å². The summed E-state index contributed by atoms with van der Waals surface area (Å²) in [5.74, 6) is 0. The van der Waals surface area contributed by atoms with Crippen LogP contribution in [-0.2, 0) is 0 Å². The predicted molar refractivity (Wildman–Crippen MR) is 604 cm³/mol. The van der Waals surface area contributed by atoms with Gasteiger partial charge in [0.25, 0.3) is 0 Å². The fourth-order valence-electron chi connectivity index (χ4n) is 24.1. The highest BCUT2D eigenvalue weighted by atomic mass is 31.2. The van der Waals surface area contributed by atoms with Crippen molar-refractivity contribution in [1.29, 1.82) is 0 Å². The lowest BCUT2D eigenvalue weighted by Crippen LogP contribution is -2.43. The van der Waals surface area contributed by atoms with Gasteiger partial charge in [0.1, 0.15) is 29.6 Å². The quantitative estimate of drug-likeness (QED) is 0.130. The summed E-state index contributed by atoms with van der Waals surface area (Å²) in [5, 5.41) is 76.9. The number of rotatable bonds is 0. The highest BCUT2D eigenvalue weighted by molar-refractivity contribution is 7.82. The van der Waals surface area contributed by atoms with E-state index in [0.29, 0.717) is 124 Å². The van der Waals surface area contributed by atoms with E-state index in [1.54, 1.807) is 0 Å². The highest BCUT2D eigenvalue weighted by Gasteiger charge is 2.68. The smallest absolute Gasteiger partial charge is 0.121 e. The summed E-state index contributed by atoms with van der Waals surface area (Å²) < 4.78 is 39.6. The van der Waals surface area contributed by atoms with Crippen LogP contribution in [0.3, 0.4) is 0 Å². The topological polar surface area (TPSA) is 184 Å². The predicted octanol–water partition coefficient (Wildman–Crippen LogP) is 30.9. The highest BCUT2D eigenvalue weighted by Crippen LogP contribution is 2.87. The first kappa shape index (κ1) is 156. The van der Waals surface area contributed by atoms with Crippen LogP contribution >= 0.6 is 58.1 Å². The van der Waals surface area contributed by atoms with E-state index in [1.165, 1.54) is 0 Å². The summed E-state index contributed by atoms with van der Waals surface area (Å²) >= 11 is 0. The first-order valence-electron chi connectivity index (χ1n) is 47.7. The fraction of sp³-hybridized carbons (Fsp3) is 1.00. The molecular weight excluding hydrogens is 1740 g/mol. The maximum Gasteiger partial charge on any atom is 0.121 e. The van der Waals surface area contributed by atoms with Crippen LogP contribution in [0.5, 0.6) is 0 Å². The zero-order valence-corrected chi connectivity index (χ0v) is 110. The monoisotopic (exact) mass is 1990 g/mol. The van der Waals surface area contributed by atoms with Gasteiger partial charge in [-0.05, 0) is 499 Å². The minimum absolute atomic E-state index is 0.434. The Morgan fingerprint density at radius 1 is 0.102 bits per heavy atom. The van der Waals surface area contributed by atoms with Crippen molar-refractivity contribution in [2.75, 3.05) is 53.3 Å². The molecule has 0 saturated carbocycles. The molecule has 8 nitrogen and oxygen atoms in total. The molecule has 0 spiro atoms. The Balaban J connectivity index is -0.000000117. The van der Waals surface area contributed by atoms with Crippen LogP contribution in [0.25, 0.3) is 0 Å².